The number of hydrogen-bond acceptors (Lipinski definition) is 5. The van der Waals surface area contributed by atoms with Gasteiger partial charge >= 0.3 is 5.97 Å². The number of carbonyl (C=O) groups excluding carboxylic acids is 1. The molecule has 150 valence electrons. The molecule has 0 radical (unpaired) electrons. The van der Waals surface area contributed by atoms with E-state index in [1.807, 2.05) is 38.1 Å². The highest BCUT2D eigenvalue weighted by atomic mass is 79.9. The van der Waals surface area contributed by atoms with Crippen molar-refractivity contribution in [2.45, 2.75) is 20.4 Å². The van der Waals surface area contributed by atoms with Crippen LogP contribution in [0.2, 0.25) is 0 Å². The van der Waals surface area contributed by atoms with E-state index in [1.165, 1.54) is 0 Å². The summed E-state index contributed by atoms with van der Waals surface area (Å²) in [5, 5.41) is 14.3. The molecule has 0 heterocycles. The zero-order chi connectivity index (χ0) is 20.5. The molecule has 0 saturated carbocycles. The molecular formula is C20H23BrN2O5. The molecule has 2 rings (SSSR count). The van der Waals surface area contributed by atoms with Gasteiger partial charge in [-0.05, 0) is 59.6 Å². The molecule has 8 heteroatoms. The quantitative estimate of drug-likeness (QED) is 0.513. The van der Waals surface area contributed by atoms with Crippen LogP contribution in [-0.4, -0.2) is 36.7 Å². The molecule has 0 fully saturated rings. The molecule has 3 N–H and O–H groups in total. The van der Waals surface area contributed by atoms with Gasteiger partial charge in [0.2, 0.25) is 0 Å². The van der Waals surface area contributed by atoms with Crippen LogP contribution in [0.3, 0.4) is 0 Å². The number of halogens is 1. The summed E-state index contributed by atoms with van der Waals surface area (Å²) in [5.74, 6) is -0.316. The van der Waals surface area contributed by atoms with Crippen molar-refractivity contribution in [2.24, 2.45) is 0 Å². The molecule has 0 aliphatic heterocycles. The molecule has 0 spiro atoms. The third kappa shape index (κ3) is 6.86. The Labute approximate surface area is 172 Å². The predicted molar refractivity (Wildman–Crippen MR) is 110 cm³/mol. The molecule has 0 aromatic heterocycles. The molecule has 28 heavy (non-hydrogen) atoms. The smallest absolute Gasteiger partial charge is 0.317 e. The average Bonchev–Trinajstić information content (AvgIpc) is 2.63. The van der Waals surface area contributed by atoms with E-state index in [9.17, 15) is 9.59 Å². The minimum atomic E-state index is -0.927. The second-order valence-corrected chi connectivity index (χ2v) is 6.89. The van der Waals surface area contributed by atoms with Gasteiger partial charge in [-0.3, -0.25) is 9.59 Å². The molecule has 0 aliphatic carbocycles. The van der Waals surface area contributed by atoms with E-state index in [1.54, 1.807) is 12.1 Å². The molecule has 2 aromatic rings. The minimum absolute atomic E-state index is 0.140. The van der Waals surface area contributed by atoms with Crippen LogP contribution < -0.4 is 20.1 Å². The van der Waals surface area contributed by atoms with Gasteiger partial charge in [0.25, 0.3) is 5.91 Å². The SMILES string of the molecule is CCOc1cc(CNCC(=O)O)cc(Br)c1OCC(=O)Nc1ccc(C)cc1. The Morgan fingerprint density at radius 2 is 1.86 bits per heavy atom. The van der Waals surface area contributed by atoms with Gasteiger partial charge in [-0.1, -0.05) is 17.7 Å². The van der Waals surface area contributed by atoms with Crippen LogP contribution in [0.15, 0.2) is 40.9 Å². The first kappa shape index (κ1) is 21.7. The highest BCUT2D eigenvalue weighted by Gasteiger charge is 2.14. The van der Waals surface area contributed by atoms with Gasteiger partial charge in [-0.15, -0.1) is 0 Å². The summed E-state index contributed by atoms with van der Waals surface area (Å²) in [4.78, 5) is 22.8. The lowest BCUT2D eigenvalue weighted by atomic mass is 10.2. The van der Waals surface area contributed by atoms with Gasteiger partial charge in [0.05, 0.1) is 17.6 Å². The number of carbonyl (C=O) groups is 2. The lowest BCUT2D eigenvalue weighted by Gasteiger charge is -2.15. The first-order valence-electron chi connectivity index (χ1n) is 8.76. The third-order valence-electron chi connectivity index (χ3n) is 3.66. The molecule has 0 unspecified atom stereocenters. The van der Waals surface area contributed by atoms with Gasteiger partial charge in [0.15, 0.2) is 18.1 Å². The van der Waals surface area contributed by atoms with Crippen molar-refractivity contribution < 1.29 is 24.2 Å². The Morgan fingerprint density at radius 3 is 2.50 bits per heavy atom. The lowest BCUT2D eigenvalue weighted by Crippen LogP contribution is -2.22. The number of aryl methyl sites for hydroxylation is 1. The first-order chi connectivity index (χ1) is 13.4. The maximum atomic E-state index is 12.2. The van der Waals surface area contributed by atoms with Crippen LogP contribution >= 0.6 is 15.9 Å². The van der Waals surface area contributed by atoms with Gasteiger partial charge in [-0.25, -0.2) is 0 Å². The number of anilines is 1. The number of benzene rings is 2. The summed E-state index contributed by atoms with van der Waals surface area (Å²) in [6, 6.07) is 11.0. The first-order valence-corrected chi connectivity index (χ1v) is 9.55. The van der Waals surface area contributed by atoms with Crippen molar-refractivity contribution in [1.29, 1.82) is 0 Å². The number of carboxylic acid groups (broad SMARTS) is 1. The monoisotopic (exact) mass is 450 g/mol. The summed E-state index contributed by atoms with van der Waals surface area (Å²) in [6.45, 7) is 4.28. The Balaban J connectivity index is 2.03. The number of nitrogens with one attached hydrogen (secondary N) is 2. The van der Waals surface area contributed by atoms with Crippen molar-refractivity contribution in [2.75, 3.05) is 25.1 Å². The van der Waals surface area contributed by atoms with Gasteiger partial charge in [-0.2, -0.15) is 0 Å². The number of carboxylic acids is 1. The Hall–Kier alpha value is -2.58. The van der Waals surface area contributed by atoms with Crippen molar-refractivity contribution in [3.05, 3.63) is 52.0 Å². The Morgan fingerprint density at radius 1 is 1.14 bits per heavy atom. The maximum absolute atomic E-state index is 12.2. The second kappa shape index (κ2) is 10.7. The third-order valence-corrected chi connectivity index (χ3v) is 4.25. The molecular weight excluding hydrogens is 428 g/mol. The fourth-order valence-electron chi connectivity index (χ4n) is 2.41. The largest absolute Gasteiger partial charge is 0.490 e. The van der Waals surface area contributed by atoms with Crippen LogP contribution in [0.1, 0.15) is 18.1 Å². The molecule has 0 atom stereocenters. The number of hydrogen-bond donors (Lipinski definition) is 3. The topological polar surface area (TPSA) is 96.9 Å². The van der Waals surface area contributed by atoms with Crippen LogP contribution in [-0.2, 0) is 16.1 Å². The van der Waals surface area contributed by atoms with Crippen LogP contribution in [0.5, 0.6) is 11.5 Å². The van der Waals surface area contributed by atoms with E-state index in [0.29, 0.717) is 34.8 Å². The number of rotatable bonds is 10. The van der Waals surface area contributed by atoms with Crippen LogP contribution in [0.25, 0.3) is 0 Å². The van der Waals surface area contributed by atoms with E-state index >= 15 is 0 Å². The highest BCUT2D eigenvalue weighted by molar-refractivity contribution is 9.10. The van der Waals surface area contributed by atoms with E-state index in [4.69, 9.17) is 14.6 Å². The fourth-order valence-corrected chi connectivity index (χ4v) is 3.02. The van der Waals surface area contributed by atoms with Crippen LogP contribution in [0, 0.1) is 6.92 Å². The number of ether oxygens (including phenoxy) is 2. The standard InChI is InChI=1S/C20H23BrN2O5/c1-3-27-17-9-14(10-22-11-19(25)26)8-16(21)20(17)28-12-18(24)23-15-6-4-13(2)5-7-15/h4-9,22H,3,10-12H2,1-2H3,(H,23,24)(H,25,26). The van der Waals surface area contributed by atoms with Crippen molar-refractivity contribution in [3.63, 3.8) is 0 Å². The lowest BCUT2D eigenvalue weighted by molar-refractivity contribution is -0.136. The Bertz CT molecular complexity index is 824. The molecule has 0 aliphatic rings. The predicted octanol–water partition coefficient (Wildman–Crippen LogP) is 3.35. The van der Waals surface area contributed by atoms with E-state index in [2.05, 4.69) is 26.6 Å². The molecule has 0 bridgehead atoms. The van der Waals surface area contributed by atoms with Gasteiger partial charge < -0.3 is 25.2 Å². The normalized spacial score (nSPS) is 10.4. The van der Waals surface area contributed by atoms with E-state index < -0.39 is 5.97 Å². The van der Waals surface area contributed by atoms with Gasteiger partial charge in [0, 0.05) is 12.2 Å². The molecule has 7 nitrogen and oxygen atoms in total. The highest BCUT2D eigenvalue weighted by Crippen LogP contribution is 2.37. The van der Waals surface area contributed by atoms with Gasteiger partial charge in [0.1, 0.15) is 0 Å². The average molecular weight is 451 g/mol. The zero-order valence-corrected chi connectivity index (χ0v) is 17.3. The molecule has 2 aromatic carbocycles. The maximum Gasteiger partial charge on any atom is 0.317 e. The van der Waals surface area contributed by atoms with Crippen molar-refractivity contribution in [3.8, 4) is 11.5 Å². The number of amides is 1. The summed E-state index contributed by atoms with van der Waals surface area (Å²) in [5.41, 5.74) is 2.63. The number of aliphatic carboxylic acids is 1. The van der Waals surface area contributed by atoms with Crippen molar-refractivity contribution in [1.82, 2.24) is 5.32 Å². The Kier molecular flexibility index (Phi) is 8.28. The minimum Gasteiger partial charge on any atom is -0.490 e. The summed E-state index contributed by atoms with van der Waals surface area (Å²) in [6.07, 6.45) is 0. The van der Waals surface area contributed by atoms with E-state index in [-0.39, 0.29) is 19.1 Å². The summed E-state index contributed by atoms with van der Waals surface area (Å²) >= 11 is 3.43. The fraction of sp³-hybridized carbons (Fsp3) is 0.300. The summed E-state index contributed by atoms with van der Waals surface area (Å²) in [7, 11) is 0. The molecule has 1 amide bonds. The zero-order valence-electron chi connectivity index (χ0n) is 15.8. The van der Waals surface area contributed by atoms with Crippen LogP contribution in [0.4, 0.5) is 5.69 Å². The summed E-state index contributed by atoms with van der Waals surface area (Å²) < 4.78 is 11.9. The molecule has 0 saturated heterocycles. The van der Waals surface area contributed by atoms with Crippen molar-refractivity contribution >= 4 is 33.5 Å². The second-order valence-electron chi connectivity index (χ2n) is 6.04. The van der Waals surface area contributed by atoms with E-state index in [0.717, 1.165) is 11.1 Å².